The van der Waals surface area contributed by atoms with Gasteiger partial charge in [0.25, 0.3) is 0 Å². The minimum absolute atomic E-state index is 0. The van der Waals surface area contributed by atoms with Gasteiger partial charge in [-0.05, 0) is 37.6 Å². The molecule has 90 valence electrons. The predicted molar refractivity (Wildman–Crippen MR) is 70.2 cm³/mol. The Morgan fingerprint density at radius 3 is 2.75 bits per heavy atom. The summed E-state index contributed by atoms with van der Waals surface area (Å²) < 4.78 is 5.79. The number of rotatable bonds is 2. The minimum atomic E-state index is 0. The van der Waals surface area contributed by atoms with E-state index in [9.17, 15) is 0 Å². The molecular formula is C11H14Cl3NO. The van der Waals surface area contributed by atoms with Gasteiger partial charge < -0.3 is 10.1 Å². The van der Waals surface area contributed by atoms with E-state index in [0.717, 1.165) is 31.7 Å². The minimum Gasteiger partial charge on any atom is -0.488 e. The molecule has 1 unspecified atom stereocenters. The first-order valence-electron chi connectivity index (χ1n) is 5.08. The first-order valence-corrected chi connectivity index (χ1v) is 5.84. The van der Waals surface area contributed by atoms with E-state index in [-0.39, 0.29) is 18.5 Å². The number of halogens is 3. The number of nitrogens with one attached hydrogen (secondary N) is 1. The van der Waals surface area contributed by atoms with E-state index in [4.69, 9.17) is 27.9 Å². The lowest BCUT2D eigenvalue weighted by molar-refractivity contribution is 0.167. The first-order chi connectivity index (χ1) is 7.25. The monoisotopic (exact) mass is 281 g/mol. The highest BCUT2D eigenvalue weighted by atomic mass is 35.5. The molecule has 0 bridgehead atoms. The van der Waals surface area contributed by atoms with Crippen LogP contribution in [0.4, 0.5) is 0 Å². The van der Waals surface area contributed by atoms with Crippen molar-refractivity contribution in [3.05, 3.63) is 28.2 Å². The van der Waals surface area contributed by atoms with Crippen LogP contribution in [0, 0.1) is 0 Å². The third kappa shape index (κ3) is 3.70. The van der Waals surface area contributed by atoms with Gasteiger partial charge in [0.1, 0.15) is 11.9 Å². The Kier molecular flexibility index (Phi) is 5.70. The third-order valence-electron chi connectivity index (χ3n) is 2.44. The molecular weight excluding hydrogens is 268 g/mol. The Bertz CT molecular complexity index is 340. The second-order valence-corrected chi connectivity index (χ2v) is 4.50. The first kappa shape index (κ1) is 13.9. The maximum absolute atomic E-state index is 6.02. The van der Waals surface area contributed by atoms with Crippen LogP contribution in [0.5, 0.6) is 5.75 Å². The lowest BCUT2D eigenvalue weighted by Crippen LogP contribution is -2.37. The molecule has 5 heteroatoms. The average molecular weight is 283 g/mol. The summed E-state index contributed by atoms with van der Waals surface area (Å²) in [5.41, 5.74) is 0. The molecule has 0 amide bonds. The van der Waals surface area contributed by atoms with E-state index in [1.165, 1.54) is 0 Å². The Morgan fingerprint density at radius 2 is 2.12 bits per heavy atom. The fourth-order valence-electron chi connectivity index (χ4n) is 1.67. The zero-order chi connectivity index (χ0) is 10.7. The Morgan fingerprint density at radius 1 is 1.31 bits per heavy atom. The molecule has 0 aromatic heterocycles. The molecule has 1 fully saturated rings. The summed E-state index contributed by atoms with van der Waals surface area (Å²) >= 11 is 11.8. The lowest BCUT2D eigenvalue weighted by Gasteiger charge is -2.24. The highest BCUT2D eigenvalue weighted by Gasteiger charge is 2.15. The van der Waals surface area contributed by atoms with Crippen molar-refractivity contribution in [1.29, 1.82) is 0 Å². The van der Waals surface area contributed by atoms with Gasteiger partial charge in [-0.25, -0.2) is 0 Å². The van der Waals surface area contributed by atoms with Gasteiger partial charge in [-0.2, -0.15) is 0 Å². The van der Waals surface area contributed by atoms with Crippen LogP contribution in [0.3, 0.4) is 0 Å². The van der Waals surface area contributed by atoms with Crippen molar-refractivity contribution in [2.45, 2.75) is 18.9 Å². The van der Waals surface area contributed by atoms with E-state index in [1.54, 1.807) is 12.1 Å². The number of hydrogen-bond acceptors (Lipinski definition) is 2. The maximum Gasteiger partial charge on any atom is 0.138 e. The third-order valence-corrected chi connectivity index (χ3v) is 2.97. The van der Waals surface area contributed by atoms with E-state index in [1.807, 2.05) is 6.07 Å². The Balaban J connectivity index is 0.00000128. The molecule has 1 aliphatic heterocycles. The summed E-state index contributed by atoms with van der Waals surface area (Å²) in [6.45, 7) is 1.97. The molecule has 0 aliphatic carbocycles. The van der Waals surface area contributed by atoms with Crippen molar-refractivity contribution in [3.8, 4) is 5.75 Å². The van der Waals surface area contributed by atoms with Crippen LogP contribution in [0.1, 0.15) is 12.8 Å². The van der Waals surface area contributed by atoms with Gasteiger partial charge in [0.05, 0.1) is 5.02 Å². The van der Waals surface area contributed by atoms with E-state index >= 15 is 0 Å². The van der Waals surface area contributed by atoms with Crippen molar-refractivity contribution in [2.24, 2.45) is 0 Å². The van der Waals surface area contributed by atoms with Crippen molar-refractivity contribution in [3.63, 3.8) is 0 Å². The molecule has 2 rings (SSSR count). The smallest absolute Gasteiger partial charge is 0.138 e. The number of piperidine rings is 1. The molecule has 0 spiro atoms. The zero-order valence-corrected chi connectivity index (χ0v) is 11.0. The summed E-state index contributed by atoms with van der Waals surface area (Å²) in [5, 5.41) is 4.50. The van der Waals surface area contributed by atoms with Gasteiger partial charge in [-0.3, -0.25) is 0 Å². The van der Waals surface area contributed by atoms with Crippen LogP contribution >= 0.6 is 35.6 Å². The van der Waals surface area contributed by atoms with Crippen molar-refractivity contribution < 1.29 is 4.74 Å². The molecule has 16 heavy (non-hydrogen) atoms. The SMILES string of the molecule is Cl.Clc1ccc(OC2CCCNC2)c(Cl)c1. The van der Waals surface area contributed by atoms with E-state index < -0.39 is 0 Å². The topological polar surface area (TPSA) is 21.3 Å². The molecule has 0 radical (unpaired) electrons. The van der Waals surface area contributed by atoms with Crippen LogP contribution in [0.2, 0.25) is 10.0 Å². The fourth-order valence-corrected chi connectivity index (χ4v) is 2.12. The van der Waals surface area contributed by atoms with Gasteiger partial charge in [0.2, 0.25) is 0 Å². The summed E-state index contributed by atoms with van der Waals surface area (Å²) in [7, 11) is 0. The number of benzene rings is 1. The van der Waals surface area contributed by atoms with Gasteiger partial charge in [0, 0.05) is 11.6 Å². The Hall–Kier alpha value is -0.150. The summed E-state index contributed by atoms with van der Waals surface area (Å²) in [5.74, 6) is 0.717. The van der Waals surface area contributed by atoms with Gasteiger partial charge in [-0.1, -0.05) is 23.2 Å². The molecule has 1 aromatic carbocycles. The Labute approximate surface area is 112 Å². The predicted octanol–water partition coefficient (Wildman–Crippen LogP) is 3.55. The second-order valence-electron chi connectivity index (χ2n) is 3.66. The van der Waals surface area contributed by atoms with E-state index in [2.05, 4.69) is 5.32 Å². The highest BCUT2D eigenvalue weighted by molar-refractivity contribution is 6.35. The van der Waals surface area contributed by atoms with Crippen molar-refractivity contribution in [1.82, 2.24) is 5.32 Å². The largest absolute Gasteiger partial charge is 0.488 e. The van der Waals surface area contributed by atoms with Crippen LogP contribution in [-0.2, 0) is 0 Å². The van der Waals surface area contributed by atoms with Crippen LogP contribution in [0.15, 0.2) is 18.2 Å². The zero-order valence-electron chi connectivity index (χ0n) is 8.71. The summed E-state index contributed by atoms with van der Waals surface area (Å²) in [6, 6.07) is 5.31. The highest BCUT2D eigenvalue weighted by Crippen LogP contribution is 2.29. The molecule has 1 aliphatic rings. The quantitative estimate of drug-likeness (QED) is 0.896. The van der Waals surface area contributed by atoms with Gasteiger partial charge in [-0.15, -0.1) is 12.4 Å². The molecule has 0 saturated carbocycles. The normalized spacial score (nSPS) is 20.0. The fraction of sp³-hybridized carbons (Fsp3) is 0.455. The second kappa shape index (κ2) is 6.55. The van der Waals surface area contributed by atoms with Gasteiger partial charge in [0.15, 0.2) is 0 Å². The van der Waals surface area contributed by atoms with Crippen LogP contribution in [0.25, 0.3) is 0 Å². The molecule has 1 atom stereocenters. The molecule has 1 aromatic rings. The number of hydrogen-bond donors (Lipinski definition) is 1. The molecule has 2 nitrogen and oxygen atoms in total. The molecule has 1 N–H and O–H groups in total. The molecule has 1 saturated heterocycles. The van der Waals surface area contributed by atoms with E-state index in [0.29, 0.717) is 10.0 Å². The van der Waals surface area contributed by atoms with Gasteiger partial charge >= 0.3 is 0 Å². The summed E-state index contributed by atoms with van der Waals surface area (Å²) in [4.78, 5) is 0. The standard InChI is InChI=1S/C11H13Cl2NO.ClH/c12-8-3-4-11(10(13)6-8)15-9-2-1-5-14-7-9;/h3-4,6,9,14H,1-2,5,7H2;1H. The van der Waals surface area contributed by atoms with Crippen molar-refractivity contribution in [2.75, 3.05) is 13.1 Å². The van der Waals surface area contributed by atoms with Crippen LogP contribution in [-0.4, -0.2) is 19.2 Å². The average Bonchev–Trinajstić information content (AvgIpc) is 2.24. The van der Waals surface area contributed by atoms with Crippen LogP contribution < -0.4 is 10.1 Å². The number of ether oxygens (including phenoxy) is 1. The lowest BCUT2D eigenvalue weighted by atomic mass is 10.1. The van der Waals surface area contributed by atoms with Crippen molar-refractivity contribution >= 4 is 35.6 Å². The summed E-state index contributed by atoms with van der Waals surface area (Å²) in [6.07, 6.45) is 2.44. The maximum atomic E-state index is 6.02. The molecule has 1 heterocycles.